The minimum absolute atomic E-state index is 0.00809. The van der Waals surface area contributed by atoms with Crippen LogP contribution in [0, 0.1) is 12.8 Å². The summed E-state index contributed by atoms with van der Waals surface area (Å²) in [6.45, 7) is 1.97. The maximum absolute atomic E-state index is 12.7. The Morgan fingerprint density at radius 2 is 2.15 bits per heavy atom. The van der Waals surface area contributed by atoms with Crippen LogP contribution in [0.3, 0.4) is 0 Å². The Morgan fingerprint density at radius 1 is 1.50 bits per heavy atom. The largest absolute Gasteiger partial charge is 0.397 e. The molecule has 8 heteroatoms. The first kappa shape index (κ1) is 15.2. The van der Waals surface area contributed by atoms with Gasteiger partial charge in [-0.15, -0.1) is 3.89 Å². The van der Waals surface area contributed by atoms with Crippen molar-refractivity contribution in [2.75, 3.05) is 22.9 Å². The lowest BCUT2D eigenvalue weighted by molar-refractivity contribution is -0.117. The molecule has 1 fully saturated rings. The summed E-state index contributed by atoms with van der Waals surface area (Å²) in [6.07, 6.45) is 0.00809. The molecule has 1 aliphatic rings. The molecule has 0 aliphatic carbocycles. The molecule has 0 saturated carbocycles. The van der Waals surface area contributed by atoms with Crippen molar-refractivity contribution in [2.24, 2.45) is 5.92 Å². The van der Waals surface area contributed by atoms with Crippen molar-refractivity contribution in [3.63, 3.8) is 0 Å². The zero-order chi connectivity index (χ0) is 15.1. The van der Waals surface area contributed by atoms with E-state index in [1.807, 2.05) is 13.0 Å². The van der Waals surface area contributed by atoms with Gasteiger partial charge in [-0.05, 0) is 24.6 Å². The quantitative estimate of drug-likeness (QED) is 0.656. The van der Waals surface area contributed by atoms with Gasteiger partial charge in [0.25, 0.3) is 0 Å². The predicted molar refractivity (Wildman–Crippen MR) is 78.6 cm³/mol. The van der Waals surface area contributed by atoms with Gasteiger partial charge in [0, 0.05) is 23.4 Å². The monoisotopic (exact) mass is 364 g/mol. The van der Waals surface area contributed by atoms with Crippen molar-refractivity contribution in [3.8, 4) is 0 Å². The number of rotatable bonds is 3. The van der Waals surface area contributed by atoms with Crippen LogP contribution in [0.2, 0.25) is 0 Å². The van der Waals surface area contributed by atoms with E-state index < -0.39 is 21.9 Å². The van der Waals surface area contributed by atoms with E-state index in [0.717, 1.165) is 10.0 Å². The molecule has 1 unspecified atom stereocenters. The third-order valence-corrected chi connectivity index (χ3v) is 4.59. The molecular formula is C12H14BrFN2O3S. The molecule has 5 nitrogen and oxygen atoms in total. The maximum atomic E-state index is 12.7. The van der Waals surface area contributed by atoms with Gasteiger partial charge in [0.2, 0.25) is 5.91 Å². The highest BCUT2D eigenvalue weighted by molar-refractivity contribution is 9.10. The number of halogens is 2. The first-order chi connectivity index (χ1) is 9.17. The molecule has 0 aromatic heterocycles. The summed E-state index contributed by atoms with van der Waals surface area (Å²) in [5, 5.41) is 0. The fraction of sp³-hybridized carbons (Fsp3) is 0.417. The second-order valence-corrected chi connectivity index (χ2v) is 7.26. The van der Waals surface area contributed by atoms with E-state index in [-0.39, 0.29) is 18.9 Å². The molecule has 20 heavy (non-hydrogen) atoms. The van der Waals surface area contributed by atoms with E-state index in [1.165, 1.54) is 4.90 Å². The van der Waals surface area contributed by atoms with Gasteiger partial charge in [-0.1, -0.05) is 15.9 Å². The number of hydrogen-bond acceptors (Lipinski definition) is 4. The number of carbonyl (C=O) groups excluding carboxylic acids is 1. The average molecular weight is 365 g/mol. The lowest BCUT2D eigenvalue weighted by atomic mass is 10.1. The molecule has 110 valence electrons. The molecule has 2 rings (SSSR count). The molecule has 1 aromatic rings. The van der Waals surface area contributed by atoms with Crippen molar-refractivity contribution < 1.29 is 17.1 Å². The highest BCUT2D eigenvalue weighted by atomic mass is 79.9. The Labute approximate surface area is 125 Å². The number of aryl methyl sites for hydroxylation is 1. The molecule has 1 aliphatic heterocycles. The zero-order valence-electron chi connectivity index (χ0n) is 10.8. The number of nitrogen functional groups attached to an aromatic ring is 1. The lowest BCUT2D eigenvalue weighted by Gasteiger charge is -2.20. The summed E-state index contributed by atoms with van der Waals surface area (Å²) in [5.41, 5.74) is 7.76. The Morgan fingerprint density at radius 3 is 2.75 bits per heavy atom. The summed E-state index contributed by atoms with van der Waals surface area (Å²) in [4.78, 5) is 13.4. The third-order valence-electron chi connectivity index (χ3n) is 3.26. The number of benzene rings is 1. The van der Waals surface area contributed by atoms with Crippen LogP contribution in [0.25, 0.3) is 0 Å². The molecule has 0 spiro atoms. The van der Waals surface area contributed by atoms with Crippen molar-refractivity contribution in [2.45, 2.75) is 13.3 Å². The van der Waals surface area contributed by atoms with Gasteiger partial charge in [0.1, 0.15) is 0 Å². The third kappa shape index (κ3) is 3.29. The first-order valence-corrected chi connectivity index (χ1v) is 8.30. The second-order valence-electron chi connectivity index (χ2n) is 4.94. The van der Waals surface area contributed by atoms with Crippen LogP contribution in [0.15, 0.2) is 16.6 Å². The molecule has 0 radical (unpaired) electrons. The normalized spacial score (nSPS) is 19.6. The summed E-state index contributed by atoms with van der Waals surface area (Å²) >= 11 is 3.33. The molecule has 2 N–H and O–H groups in total. The van der Waals surface area contributed by atoms with E-state index in [1.54, 1.807) is 6.07 Å². The van der Waals surface area contributed by atoms with Crippen LogP contribution in [-0.2, 0) is 15.0 Å². The fourth-order valence-corrected chi connectivity index (χ4v) is 3.71. The van der Waals surface area contributed by atoms with Gasteiger partial charge < -0.3 is 10.6 Å². The Balaban J connectivity index is 2.29. The molecule has 0 bridgehead atoms. The van der Waals surface area contributed by atoms with E-state index >= 15 is 0 Å². The molecule has 1 atom stereocenters. The number of amides is 1. The number of carbonyl (C=O) groups is 1. The predicted octanol–water partition coefficient (Wildman–Crippen LogP) is 1.99. The fourth-order valence-electron chi connectivity index (χ4n) is 2.37. The van der Waals surface area contributed by atoms with Crippen molar-refractivity contribution in [1.82, 2.24) is 0 Å². The minimum Gasteiger partial charge on any atom is -0.397 e. The lowest BCUT2D eigenvalue weighted by Crippen LogP contribution is -2.26. The summed E-state index contributed by atoms with van der Waals surface area (Å²) < 4.78 is 34.9. The van der Waals surface area contributed by atoms with Crippen molar-refractivity contribution in [3.05, 3.63) is 22.2 Å². The van der Waals surface area contributed by atoms with Gasteiger partial charge in [0.15, 0.2) is 0 Å². The van der Waals surface area contributed by atoms with Crippen LogP contribution in [0.4, 0.5) is 15.3 Å². The van der Waals surface area contributed by atoms with Crippen LogP contribution in [0.5, 0.6) is 0 Å². The number of nitrogens with zero attached hydrogens (tertiary/aromatic N) is 1. The van der Waals surface area contributed by atoms with Crippen LogP contribution < -0.4 is 10.6 Å². The standard InChI is InChI=1S/C12H14BrFN2O3S/c1-7-2-9(13)4-10(12(7)15)16-5-8(3-11(16)17)6-20(14,18)19/h2,4,8H,3,5-6,15H2,1H3. The molecule has 1 saturated heterocycles. The van der Waals surface area contributed by atoms with Crippen LogP contribution >= 0.6 is 15.9 Å². The van der Waals surface area contributed by atoms with Crippen LogP contribution in [-0.4, -0.2) is 26.6 Å². The number of nitrogens with two attached hydrogens (primary N) is 1. The zero-order valence-corrected chi connectivity index (χ0v) is 13.2. The van der Waals surface area contributed by atoms with E-state index in [2.05, 4.69) is 15.9 Å². The highest BCUT2D eigenvalue weighted by Crippen LogP contribution is 2.34. The first-order valence-electron chi connectivity index (χ1n) is 5.95. The van der Waals surface area contributed by atoms with E-state index in [4.69, 9.17) is 5.73 Å². The van der Waals surface area contributed by atoms with E-state index in [9.17, 15) is 17.1 Å². The Hall–Kier alpha value is -1.15. The van der Waals surface area contributed by atoms with Crippen LogP contribution in [0.1, 0.15) is 12.0 Å². The number of hydrogen-bond donors (Lipinski definition) is 1. The summed E-state index contributed by atoms with van der Waals surface area (Å²) in [6, 6.07) is 3.52. The maximum Gasteiger partial charge on any atom is 0.302 e. The number of anilines is 2. The van der Waals surface area contributed by atoms with Gasteiger partial charge in [-0.3, -0.25) is 4.79 Å². The summed E-state index contributed by atoms with van der Waals surface area (Å²) in [5.74, 6) is -1.43. The topological polar surface area (TPSA) is 80.5 Å². The Bertz CT molecular complexity index is 663. The Kier molecular flexibility index (Phi) is 4.06. The smallest absolute Gasteiger partial charge is 0.302 e. The van der Waals surface area contributed by atoms with Gasteiger partial charge in [-0.2, -0.15) is 8.42 Å². The average Bonchev–Trinajstić information content (AvgIpc) is 2.62. The SMILES string of the molecule is Cc1cc(Br)cc(N2CC(CS(=O)(=O)F)CC2=O)c1N. The molecule has 1 amide bonds. The molecule has 1 aromatic carbocycles. The van der Waals surface area contributed by atoms with Gasteiger partial charge >= 0.3 is 10.2 Å². The highest BCUT2D eigenvalue weighted by Gasteiger charge is 2.34. The molecular weight excluding hydrogens is 351 g/mol. The molecule has 1 heterocycles. The van der Waals surface area contributed by atoms with E-state index in [0.29, 0.717) is 11.4 Å². The van der Waals surface area contributed by atoms with Crippen molar-refractivity contribution >= 4 is 43.4 Å². The van der Waals surface area contributed by atoms with Gasteiger partial charge in [0.05, 0.1) is 17.1 Å². The van der Waals surface area contributed by atoms with Crippen molar-refractivity contribution in [1.29, 1.82) is 0 Å². The minimum atomic E-state index is -4.58. The second kappa shape index (κ2) is 5.33. The summed E-state index contributed by atoms with van der Waals surface area (Å²) in [7, 11) is -4.58. The van der Waals surface area contributed by atoms with Gasteiger partial charge in [-0.25, -0.2) is 0 Å².